The molecule has 1 heterocycles. The summed E-state index contributed by atoms with van der Waals surface area (Å²) >= 11 is 0. The van der Waals surface area contributed by atoms with E-state index in [9.17, 15) is 9.90 Å². The zero-order valence-electron chi connectivity index (χ0n) is 8.13. The molecule has 1 aromatic rings. The number of nitrogens with two attached hydrogens (primary N) is 1. The molecule has 1 aliphatic carbocycles. The molecular formula is C9H13N3O3. The van der Waals surface area contributed by atoms with Crippen molar-refractivity contribution >= 4 is 11.8 Å². The molecule has 2 rings (SSSR count). The van der Waals surface area contributed by atoms with E-state index in [1.54, 1.807) is 0 Å². The van der Waals surface area contributed by atoms with E-state index in [0.29, 0.717) is 6.42 Å². The van der Waals surface area contributed by atoms with Crippen LogP contribution in [0.3, 0.4) is 0 Å². The lowest BCUT2D eigenvalue weighted by Crippen LogP contribution is -2.21. The summed E-state index contributed by atoms with van der Waals surface area (Å²) in [6, 6.07) is -0.182. The molecule has 2 unspecified atom stereocenters. The number of hydrogen-bond acceptors (Lipinski definition) is 4. The van der Waals surface area contributed by atoms with E-state index < -0.39 is 12.1 Å². The SMILES string of the molecule is Nc1c(C(=O)O)cnn1C1CCCC1O. The third-order valence-electron chi connectivity index (χ3n) is 2.82. The summed E-state index contributed by atoms with van der Waals surface area (Å²) in [7, 11) is 0. The number of anilines is 1. The molecule has 4 N–H and O–H groups in total. The fourth-order valence-electron chi connectivity index (χ4n) is 2.01. The molecule has 1 aliphatic rings. The molecule has 0 radical (unpaired) electrons. The van der Waals surface area contributed by atoms with E-state index >= 15 is 0 Å². The van der Waals surface area contributed by atoms with Gasteiger partial charge < -0.3 is 15.9 Å². The molecule has 1 fully saturated rings. The molecule has 15 heavy (non-hydrogen) atoms. The largest absolute Gasteiger partial charge is 0.477 e. The van der Waals surface area contributed by atoms with Crippen LogP contribution in [0.15, 0.2) is 6.20 Å². The molecule has 0 aliphatic heterocycles. The molecule has 6 nitrogen and oxygen atoms in total. The number of carbonyl (C=O) groups is 1. The molecule has 1 aromatic heterocycles. The van der Waals surface area contributed by atoms with E-state index in [0.717, 1.165) is 12.8 Å². The maximum atomic E-state index is 10.7. The van der Waals surface area contributed by atoms with Gasteiger partial charge in [0, 0.05) is 0 Å². The minimum atomic E-state index is -1.09. The lowest BCUT2D eigenvalue weighted by atomic mass is 10.2. The van der Waals surface area contributed by atoms with E-state index in [1.165, 1.54) is 10.9 Å². The number of hydrogen-bond donors (Lipinski definition) is 3. The zero-order valence-corrected chi connectivity index (χ0v) is 8.13. The second kappa shape index (κ2) is 3.54. The highest BCUT2D eigenvalue weighted by Crippen LogP contribution is 2.31. The third kappa shape index (κ3) is 1.56. The fourth-order valence-corrected chi connectivity index (χ4v) is 2.01. The van der Waals surface area contributed by atoms with Crippen LogP contribution in [0.4, 0.5) is 5.82 Å². The number of aliphatic hydroxyl groups is 1. The number of aromatic carboxylic acids is 1. The van der Waals surface area contributed by atoms with Crippen molar-refractivity contribution in [3.63, 3.8) is 0 Å². The number of nitrogens with zero attached hydrogens (tertiary/aromatic N) is 2. The van der Waals surface area contributed by atoms with Crippen LogP contribution in [-0.4, -0.2) is 32.1 Å². The second-order valence-corrected chi connectivity index (χ2v) is 3.76. The minimum Gasteiger partial charge on any atom is -0.477 e. The van der Waals surface area contributed by atoms with Gasteiger partial charge in [-0.3, -0.25) is 0 Å². The Morgan fingerprint density at radius 3 is 2.80 bits per heavy atom. The van der Waals surface area contributed by atoms with Gasteiger partial charge in [0.15, 0.2) is 0 Å². The molecule has 1 saturated carbocycles. The number of aliphatic hydroxyl groups excluding tert-OH is 1. The van der Waals surface area contributed by atoms with Gasteiger partial charge in [0.2, 0.25) is 0 Å². The highest BCUT2D eigenvalue weighted by atomic mass is 16.4. The third-order valence-corrected chi connectivity index (χ3v) is 2.82. The van der Waals surface area contributed by atoms with Crippen LogP contribution in [0, 0.1) is 0 Å². The molecule has 0 aromatic carbocycles. The van der Waals surface area contributed by atoms with E-state index in [4.69, 9.17) is 10.8 Å². The molecule has 0 spiro atoms. The van der Waals surface area contributed by atoms with Gasteiger partial charge in [-0.25, -0.2) is 9.48 Å². The number of aromatic nitrogens is 2. The Bertz CT molecular complexity index is 388. The second-order valence-electron chi connectivity index (χ2n) is 3.76. The first kappa shape index (κ1) is 9.97. The Balaban J connectivity index is 2.33. The number of nitrogen functional groups attached to an aromatic ring is 1. The zero-order chi connectivity index (χ0) is 11.0. The molecule has 6 heteroatoms. The normalized spacial score (nSPS) is 25.7. The van der Waals surface area contributed by atoms with Crippen molar-refractivity contribution in [2.24, 2.45) is 0 Å². The van der Waals surface area contributed by atoms with Gasteiger partial charge in [0.1, 0.15) is 11.4 Å². The summed E-state index contributed by atoms with van der Waals surface area (Å²) in [5, 5.41) is 22.4. The molecule has 82 valence electrons. The molecular weight excluding hydrogens is 198 g/mol. The Morgan fingerprint density at radius 2 is 2.33 bits per heavy atom. The van der Waals surface area contributed by atoms with Gasteiger partial charge in [0.25, 0.3) is 0 Å². The Morgan fingerprint density at radius 1 is 1.60 bits per heavy atom. The summed E-state index contributed by atoms with van der Waals surface area (Å²) in [4.78, 5) is 10.7. The Labute approximate surface area is 86.3 Å². The van der Waals surface area contributed by atoms with Crippen molar-refractivity contribution in [1.29, 1.82) is 0 Å². The van der Waals surface area contributed by atoms with Crippen molar-refractivity contribution in [3.05, 3.63) is 11.8 Å². The number of carboxylic acid groups (broad SMARTS) is 1. The standard InChI is InChI=1S/C9H13N3O3/c10-8-5(9(14)15)4-11-12(8)6-2-1-3-7(6)13/h4,6-7,13H,1-3,10H2,(H,14,15). The van der Waals surface area contributed by atoms with Gasteiger partial charge in [0.05, 0.1) is 18.3 Å². The van der Waals surface area contributed by atoms with Crippen molar-refractivity contribution in [2.45, 2.75) is 31.4 Å². The van der Waals surface area contributed by atoms with Gasteiger partial charge in [-0.15, -0.1) is 0 Å². The maximum Gasteiger partial charge on any atom is 0.341 e. The average Bonchev–Trinajstić information content (AvgIpc) is 2.71. The molecule has 0 saturated heterocycles. The quantitative estimate of drug-likeness (QED) is 0.650. The molecule has 2 atom stereocenters. The fraction of sp³-hybridized carbons (Fsp3) is 0.556. The lowest BCUT2D eigenvalue weighted by molar-refractivity contribution is 0.0697. The predicted octanol–water partition coefficient (Wildman–Crippen LogP) is 0.249. The smallest absolute Gasteiger partial charge is 0.341 e. The molecule has 0 bridgehead atoms. The van der Waals surface area contributed by atoms with Crippen LogP contribution in [0.1, 0.15) is 35.7 Å². The van der Waals surface area contributed by atoms with Gasteiger partial charge in [-0.05, 0) is 19.3 Å². The van der Waals surface area contributed by atoms with Crippen molar-refractivity contribution in [1.82, 2.24) is 9.78 Å². The van der Waals surface area contributed by atoms with Crippen LogP contribution in [0.2, 0.25) is 0 Å². The first-order valence-corrected chi connectivity index (χ1v) is 4.85. The first-order valence-electron chi connectivity index (χ1n) is 4.85. The van der Waals surface area contributed by atoms with Gasteiger partial charge in [-0.2, -0.15) is 5.10 Å². The van der Waals surface area contributed by atoms with Crippen molar-refractivity contribution in [2.75, 3.05) is 5.73 Å². The van der Waals surface area contributed by atoms with Crippen LogP contribution < -0.4 is 5.73 Å². The minimum absolute atomic E-state index is 0.00546. The van der Waals surface area contributed by atoms with Crippen molar-refractivity contribution in [3.8, 4) is 0 Å². The van der Waals surface area contributed by atoms with E-state index in [1.807, 2.05) is 0 Å². The van der Waals surface area contributed by atoms with Crippen LogP contribution >= 0.6 is 0 Å². The van der Waals surface area contributed by atoms with Crippen LogP contribution in [-0.2, 0) is 0 Å². The topological polar surface area (TPSA) is 101 Å². The highest BCUT2D eigenvalue weighted by Gasteiger charge is 2.30. The Hall–Kier alpha value is -1.56. The van der Waals surface area contributed by atoms with Crippen LogP contribution in [0.25, 0.3) is 0 Å². The summed E-state index contributed by atoms with van der Waals surface area (Å²) in [5.41, 5.74) is 5.65. The monoisotopic (exact) mass is 211 g/mol. The summed E-state index contributed by atoms with van der Waals surface area (Å²) < 4.78 is 1.42. The first-order chi connectivity index (χ1) is 7.11. The summed E-state index contributed by atoms with van der Waals surface area (Å²) in [6.07, 6.45) is 3.16. The van der Waals surface area contributed by atoms with Crippen molar-refractivity contribution < 1.29 is 15.0 Å². The summed E-state index contributed by atoms with van der Waals surface area (Å²) in [6.45, 7) is 0. The summed E-state index contributed by atoms with van der Waals surface area (Å²) in [5.74, 6) is -0.973. The highest BCUT2D eigenvalue weighted by molar-refractivity contribution is 5.92. The number of rotatable bonds is 2. The maximum absolute atomic E-state index is 10.7. The van der Waals surface area contributed by atoms with Gasteiger partial charge in [-0.1, -0.05) is 0 Å². The lowest BCUT2D eigenvalue weighted by Gasteiger charge is -2.16. The average molecular weight is 211 g/mol. The van der Waals surface area contributed by atoms with Crippen LogP contribution in [0.5, 0.6) is 0 Å². The van der Waals surface area contributed by atoms with Gasteiger partial charge >= 0.3 is 5.97 Å². The predicted molar refractivity (Wildman–Crippen MR) is 52.5 cm³/mol. The van der Waals surface area contributed by atoms with E-state index in [2.05, 4.69) is 5.10 Å². The molecule has 0 amide bonds. The Kier molecular flexibility index (Phi) is 2.36. The van der Waals surface area contributed by atoms with E-state index in [-0.39, 0.29) is 17.4 Å². The number of carboxylic acids is 1.